The molecule has 0 aliphatic carbocycles. The van der Waals surface area contributed by atoms with E-state index >= 15 is 0 Å². The van der Waals surface area contributed by atoms with Gasteiger partial charge in [-0.1, -0.05) is 36.4 Å². The average Bonchev–Trinajstić information content (AvgIpc) is 3.24. The highest BCUT2D eigenvalue weighted by molar-refractivity contribution is 7.92. The predicted octanol–water partition coefficient (Wildman–Crippen LogP) is 4.22. The van der Waals surface area contributed by atoms with Crippen LogP contribution in [-0.2, 0) is 16.6 Å². The van der Waals surface area contributed by atoms with E-state index in [0.29, 0.717) is 17.8 Å². The monoisotopic (exact) mass is 460 g/mol. The van der Waals surface area contributed by atoms with Gasteiger partial charge in [0.1, 0.15) is 5.82 Å². The second-order valence-electron chi connectivity index (χ2n) is 7.65. The highest BCUT2D eigenvalue weighted by Crippen LogP contribution is 2.21. The summed E-state index contributed by atoms with van der Waals surface area (Å²) < 4.78 is 30.3. The summed E-state index contributed by atoms with van der Waals surface area (Å²) in [6, 6.07) is 21.1. The number of nitrogens with one attached hydrogen (secondary N) is 2. The summed E-state index contributed by atoms with van der Waals surface area (Å²) in [5, 5.41) is 2.86. The third-order valence-corrected chi connectivity index (χ3v) is 6.78. The Hall–Kier alpha value is -3.91. The highest BCUT2D eigenvalue weighted by Gasteiger charge is 2.19. The van der Waals surface area contributed by atoms with Gasteiger partial charge in [0.2, 0.25) is 0 Å². The first-order valence-electron chi connectivity index (χ1n) is 10.4. The number of anilines is 1. The van der Waals surface area contributed by atoms with Crippen LogP contribution in [-0.4, -0.2) is 23.9 Å². The fourth-order valence-electron chi connectivity index (χ4n) is 3.46. The van der Waals surface area contributed by atoms with Gasteiger partial charge in [0, 0.05) is 35.9 Å². The molecule has 0 aliphatic rings. The zero-order chi connectivity index (χ0) is 23.4. The minimum absolute atomic E-state index is 0.0686. The maximum absolute atomic E-state index is 12.9. The molecular formula is C25H24N4O3S. The molecule has 0 aliphatic heterocycles. The average molecular weight is 461 g/mol. The van der Waals surface area contributed by atoms with Crippen molar-refractivity contribution in [1.82, 2.24) is 14.9 Å². The summed E-state index contributed by atoms with van der Waals surface area (Å²) in [7, 11) is -3.83. The van der Waals surface area contributed by atoms with Gasteiger partial charge in [0.05, 0.1) is 4.90 Å². The number of aryl methyl sites for hydroxylation is 2. The first-order valence-corrected chi connectivity index (χ1v) is 11.9. The van der Waals surface area contributed by atoms with Gasteiger partial charge in [0.25, 0.3) is 15.9 Å². The Morgan fingerprint density at radius 3 is 2.36 bits per heavy atom. The molecule has 0 saturated carbocycles. The van der Waals surface area contributed by atoms with Crippen molar-refractivity contribution in [2.45, 2.75) is 25.3 Å². The molecule has 0 unspecified atom stereocenters. The van der Waals surface area contributed by atoms with Gasteiger partial charge >= 0.3 is 0 Å². The normalized spacial score (nSPS) is 11.2. The molecule has 7 nitrogen and oxygen atoms in total. The number of nitrogens with zero attached hydrogens (tertiary/aromatic N) is 2. The van der Waals surface area contributed by atoms with Crippen LogP contribution >= 0.6 is 0 Å². The molecule has 2 N–H and O–H groups in total. The van der Waals surface area contributed by atoms with E-state index in [1.54, 1.807) is 55.6 Å². The van der Waals surface area contributed by atoms with Crippen molar-refractivity contribution in [1.29, 1.82) is 0 Å². The van der Waals surface area contributed by atoms with Crippen molar-refractivity contribution in [2.75, 3.05) is 4.72 Å². The fraction of sp³-hybridized carbons (Fsp3) is 0.120. The summed E-state index contributed by atoms with van der Waals surface area (Å²) in [5.74, 6) is 0.545. The smallest absolute Gasteiger partial charge is 0.262 e. The van der Waals surface area contributed by atoms with E-state index in [4.69, 9.17) is 0 Å². The molecule has 3 aromatic carbocycles. The van der Waals surface area contributed by atoms with Crippen LogP contribution in [0.15, 0.2) is 90.1 Å². The lowest BCUT2D eigenvalue weighted by molar-refractivity contribution is 0.0950. The van der Waals surface area contributed by atoms with Crippen LogP contribution in [0.3, 0.4) is 0 Å². The van der Waals surface area contributed by atoms with Crippen molar-refractivity contribution in [3.05, 3.63) is 108 Å². The number of carbonyl (C=O) groups excluding carboxylic acids is 1. The van der Waals surface area contributed by atoms with E-state index in [1.807, 2.05) is 42.0 Å². The van der Waals surface area contributed by atoms with E-state index in [-0.39, 0.29) is 16.4 Å². The van der Waals surface area contributed by atoms with Crippen LogP contribution < -0.4 is 10.0 Å². The van der Waals surface area contributed by atoms with Gasteiger partial charge in [-0.2, -0.15) is 0 Å². The molecule has 4 rings (SSSR count). The zero-order valence-electron chi connectivity index (χ0n) is 18.3. The van der Waals surface area contributed by atoms with Crippen molar-refractivity contribution < 1.29 is 13.2 Å². The van der Waals surface area contributed by atoms with Crippen LogP contribution in [0, 0.1) is 13.8 Å². The number of sulfonamides is 1. The van der Waals surface area contributed by atoms with Gasteiger partial charge in [-0.3, -0.25) is 9.52 Å². The molecule has 168 valence electrons. The lowest BCUT2D eigenvalue weighted by Gasteiger charge is -2.12. The number of carbonyl (C=O) groups is 1. The third-order valence-electron chi connectivity index (χ3n) is 5.26. The van der Waals surface area contributed by atoms with Gasteiger partial charge in [-0.15, -0.1) is 0 Å². The molecule has 1 heterocycles. The molecule has 0 saturated heterocycles. The number of benzene rings is 3. The van der Waals surface area contributed by atoms with E-state index in [2.05, 4.69) is 15.0 Å². The fourth-order valence-corrected chi connectivity index (χ4v) is 4.79. The molecule has 1 amide bonds. The standard InChI is InChI=1S/C25H24N4O3S/c1-18-8-11-21(16-24(18)33(31,32)28-22-6-4-3-5-7-22)25(30)27-17-20-9-12-23(13-10-20)29-15-14-26-19(29)2/h3-16,28H,17H2,1-2H3,(H,27,30). The molecule has 0 atom stereocenters. The molecule has 0 fully saturated rings. The summed E-state index contributed by atoms with van der Waals surface area (Å²) in [5.41, 5.74) is 3.20. The molecule has 0 spiro atoms. The van der Waals surface area contributed by atoms with Crippen molar-refractivity contribution in [2.24, 2.45) is 0 Å². The van der Waals surface area contributed by atoms with Gasteiger partial charge in [-0.05, 0) is 61.4 Å². The van der Waals surface area contributed by atoms with E-state index in [0.717, 1.165) is 17.1 Å². The van der Waals surface area contributed by atoms with Gasteiger partial charge in [0.15, 0.2) is 0 Å². The topological polar surface area (TPSA) is 93.1 Å². The summed E-state index contributed by atoms with van der Waals surface area (Å²) >= 11 is 0. The maximum Gasteiger partial charge on any atom is 0.262 e. The SMILES string of the molecule is Cc1ccc(C(=O)NCc2ccc(-n3ccnc3C)cc2)cc1S(=O)(=O)Nc1ccccc1. The molecular weight excluding hydrogens is 436 g/mol. The minimum atomic E-state index is -3.83. The second-order valence-corrected chi connectivity index (χ2v) is 9.30. The number of para-hydroxylation sites is 1. The molecule has 8 heteroatoms. The van der Waals surface area contributed by atoms with Crippen LogP contribution in [0.4, 0.5) is 5.69 Å². The summed E-state index contributed by atoms with van der Waals surface area (Å²) in [6.07, 6.45) is 3.64. The Kier molecular flexibility index (Phi) is 6.28. The maximum atomic E-state index is 12.9. The predicted molar refractivity (Wildman–Crippen MR) is 128 cm³/mol. The second kappa shape index (κ2) is 9.30. The molecule has 0 bridgehead atoms. The first-order chi connectivity index (χ1) is 15.8. The van der Waals surface area contributed by atoms with Crippen LogP contribution in [0.2, 0.25) is 0 Å². The third kappa shape index (κ3) is 5.12. The molecule has 1 aromatic heterocycles. The Balaban J connectivity index is 1.46. The zero-order valence-corrected chi connectivity index (χ0v) is 19.1. The minimum Gasteiger partial charge on any atom is -0.348 e. The summed E-state index contributed by atoms with van der Waals surface area (Å²) in [4.78, 5) is 17.0. The highest BCUT2D eigenvalue weighted by atomic mass is 32.2. The largest absolute Gasteiger partial charge is 0.348 e. The lowest BCUT2D eigenvalue weighted by atomic mass is 10.1. The quantitative estimate of drug-likeness (QED) is 0.432. The van der Waals surface area contributed by atoms with Crippen molar-refractivity contribution in [3.63, 3.8) is 0 Å². The number of imidazole rings is 1. The number of hydrogen-bond acceptors (Lipinski definition) is 4. The van der Waals surface area contributed by atoms with Crippen LogP contribution in [0.25, 0.3) is 5.69 Å². The van der Waals surface area contributed by atoms with Gasteiger partial charge < -0.3 is 9.88 Å². The Labute approximate surface area is 193 Å². The van der Waals surface area contributed by atoms with E-state index < -0.39 is 10.0 Å². The lowest BCUT2D eigenvalue weighted by Crippen LogP contribution is -2.23. The van der Waals surface area contributed by atoms with E-state index in [1.165, 1.54) is 6.07 Å². The molecule has 0 radical (unpaired) electrons. The Morgan fingerprint density at radius 2 is 1.70 bits per heavy atom. The molecule has 4 aromatic rings. The first kappa shape index (κ1) is 22.3. The van der Waals surface area contributed by atoms with Crippen molar-refractivity contribution in [3.8, 4) is 5.69 Å². The van der Waals surface area contributed by atoms with Crippen LogP contribution in [0.1, 0.15) is 27.3 Å². The number of aromatic nitrogens is 2. The summed E-state index contributed by atoms with van der Waals surface area (Å²) in [6.45, 7) is 3.95. The molecule has 33 heavy (non-hydrogen) atoms. The van der Waals surface area contributed by atoms with Crippen molar-refractivity contribution >= 4 is 21.6 Å². The number of amides is 1. The Bertz CT molecular complexity index is 1380. The van der Waals surface area contributed by atoms with Crippen LogP contribution in [0.5, 0.6) is 0 Å². The van der Waals surface area contributed by atoms with E-state index in [9.17, 15) is 13.2 Å². The number of rotatable bonds is 7. The Morgan fingerprint density at radius 1 is 0.970 bits per heavy atom. The van der Waals surface area contributed by atoms with Gasteiger partial charge in [-0.25, -0.2) is 13.4 Å². The number of hydrogen-bond donors (Lipinski definition) is 2.